The van der Waals surface area contributed by atoms with Crippen LogP contribution in [0.1, 0.15) is 0 Å². The molecule has 1 rings (SSSR count). The summed E-state index contributed by atoms with van der Waals surface area (Å²) in [6.45, 7) is -0.502. The van der Waals surface area contributed by atoms with Gasteiger partial charge in [-0.2, -0.15) is 4.31 Å². The molecule has 0 atom stereocenters. The zero-order valence-corrected chi connectivity index (χ0v) is 9.87. The van der Waals surface area contributed by atoms with Crippen LogP contribution < -0.4 is 11.5 Å². The predicted molar refractivity (Wildman–Crippen MR) is 59.8 cm³/mol. The molecule has 1 aromatic carbocycles. The highest BCUT2D eigenvalue weighted by atomic mass is 32.2. The van der Waals surface area contributed by atoms with Gasteiger partial charge in [-0.3, -0.25) is 4.79 Å². The zero-order valence-electron chi connectivity index (χ0n) is 9.05. The molecule has 0 radical (unpaired) electrons. The van der Waals surface area contributed by atoms with Crippen molar-refractivity contribution in [2.24, 2.45) is 5.73 Å². The monoisotopic (exact) mass is 261 g/mol. The number of benzene rings is 1. The summed E-state index contributed by atoms with van der Waals surface area (Å²) in [5.41, 5.74) is 10.2. The zero-order chi connectivity index (χ0) is 13.2. The van der Waals surface area contributed by atoms with Crippen LogP contribution in [0.15, 0.2) is 23.1 Å². The lowest BCUT2D eigenvalue weighted by molar-refractivity contribution is -0.118. The molecule has 0 unspecified atom stereocenters. The van der Waals surface area contributed by atoms with Gasteiger partial charge in [-0.1, -0.05) is 0 Å². The molecule has 0 aliphatic carbocycles. The van der Waals surface area contributed by atoms with Crippen LogP contribution in [0.2, 0.25) is 0 Å². The number of likely N-dealkylation sites (N-methyl/N-ethyl adjacent to an activating group) is 1. The van der Waals surface area contributed by atoms with E-state index in [1.165, 1.54) is 0 Å². The molecule has 0 fully saturated rings. The first-order chi connectivity index (χ1) is 7.75. The highest BCUT2D eigenvalue weighted by Crippen LogP contribution is 2.22. The van der Waals surface area contributed by atoms with Crippen LogP contribution in [0.3, 0.4) is 0 Å². The molecule has 17 heavy (non-hydrogen) atoms. The molecule has 0 saturated heterocycles. The number of anilines is 1. The number of carbonyl (C=O) groups is 1. The van der Waals surface area contributed by atoms with E-state index >= 15 is 0 Å². The third-order valence-corrected chi connectivity index (χ3v) is 3.90. The van der Waals surface area contributed by atoms with Gasteiger partial charge in [0, 0.05) is 7.05 Å². The van der Waals surface area contributed by atoms with Gasteiger partial charge in [-0.25, -0.2) is 12.8 Å². The molecule has 0 spiro atoms. The molecule has 94 valence electrons. The van der Waals surface area contributed by atoms with E-state index in [1.807, 2.05) is 0 Å². The molecule has 6 nitrogen and oxygen atoms in total. The second kappa shape index (κ2) is 4.68. The maximum Gasteiger partial charge on any atom is 0.245 e. The molecular weight excluding hydrogens is 249 g/mol. The average Bonchev–Trinajstić information content (AvgIpc) is 2.20. The quantitative estimate of drug-likeness (QED) is 0.713. The van der Waals surface area contributed by atoms with E-state index in [9.17, 15) is 17.6 Å². The Morgan fingerprint density at radius 1 is 1.47 bits per heavy atom. The van der Waals surface area contributed by atoms with Crippen LogP contribution in [0.4, 0.5) is 10.1 Å². The minimum atomic E-state index is -4.02. The van der Waals surface area contributed by atoms with Gasteiger partial charge in [0.1, 0.15) is 10.7 Å². The van der Waals surface area contributed by atoms with E-state index < -0.39 is 28.3 Å². The minimum Gasteiger partial charge on any atom is -0.398 e. The van der Waals surface area contributed by atoms with Crippen LogP contribution in [0.5, 0.6) is 0 Å². The van der Waals surface area contributed by atoms with E-state index in [0.29, 0.717) is 4.31 Å². The van der Waals surface area contributed by atoms with Crippen molar-refractivity contribution < 1.29 is 17.6 Å². The van der Waals surface area contributed by atoms with Gasteiger partial charge in [0.05, 0.1) is 12.2 Å². The molecule has 0 aliphatic heterocycles. The van der Waals surface area contributed by atoms with Gasteiger partial charge in [0.25, 0.3) is 0 Å². The van der Waals surface area contributed by atoms with Gasteiger partial charge >= 0.3 is 0 Å². The summed E-state index contributed by atoms with van der Waals surface area (Å²) in [6.07, 6.45) is 0. The number of nitrogens with two attached hydrogens (primary N) is 2. The standard InChI is InChI=1S/C9H12FN3O3S/c1-13(5-9(12)14)17(15,16)8-4-6(10)2-3-7(8)11/h2-4H,5,11H2,1H3,(H2,12,14). The van der Waals surface area contributed by atoms with E-state index in [-0.39, 0.29) is 10.6 Å². The molecule has 0 aliphatic rings. The molecule has 0 saturated carbocycles. The number of nitrogen functional groups attached to an aromatic ring is 1. The fourth-order valence-electron chi connectivity index (χ4n) is 1.20. The first-order valence-electron chi connectivity index (χ1n) is 4.55. The summed E-state index contributed by atoms with van der Waals surface area (Å²) in [4.78, 5) is 10.3. The lowest BCUT2D eigenvalue weighted by Gasteiger charge is -2.16. The summed E-state index contributed by atoms with van der Waals surface area (Å²) in [5, 5.41) is 0. The van der Waals surface area contributed by atoms with Crippen LogP contribution in [0, 0.1) is 5.82 Å². The SMILES string of the molecule is CN(CC(N)=O)S(=O)(=O)c1cc(F)ccc1N. The van der Waals surface area contributed by atoms with Crippen LogP contribution >= 0.6 is 0 Å². The Morgan fingerprint density at radius 3 is 2.59 bits per heavy atom. The summed E-state index contributed by atoms with van der Waals surface area (Å²) in [6, 6.07) is 2.98. The third-order valence-electron chi connectivity index (χ3n) is 2.04. The molecule has 8 heteroatoms. The van der Waals surface area contributed by atoms with Crippen molar-refractivity contribution in [3.8, 4) is 0 Å². The van der Waals surface area contributed by atoms with Crippen molar-refractivity contribution in [1.29, 1.82) is 0 Å². The fraction of sp³-hybridized carbons (Fsp3) is 0.222. The number of nitrogens with zero attached hydrogens (tertiary/aromatic N) is 1. The predicted octanol–water partition coefficient (Wildman–Crippen LogP) is -0.486. The third kappa shape index (κ3) is 2.92. The van der Waals surface area contributed by atoms with Crippen molar-refractivity contribution in [2.75, 3.05) is 19.3 Å². The molecule has 0 heterocycles. The molecule has 4 N–H and O–H groups in total. The number of amides is 1. The maximum atomic E-state index is 13.0. The first-order valence-corrected chi connectivity index (χ1v) is 5.99. The van der Waals surface area contributed by atoms with Crippen molar-refractivity contribution in [2.45, 2.75) is 4.90 Å². The van der Waals surface area contributed by atoms with Gasteiger partial charge in [0.2, 0.25) is 15.9 Å². The van der Waals surface area contributed by atoms with Gasteiger partial charge in [-0.15, -0.1) is 0 Å². The first kappa shape index (κ1) is 13.4. The summed E-state index contributed by atoms with van der Waals surface area (Å²) in [5.74, 6) is -1.55. The molecule has 0 bridgehead atoms. The number of primary amides is 1. The number of carbonyl (C=O) groups excluding carboxylic acids is 1. The number of hydrogen-bond acceptors (Lipinski definition) is 4. The normalized spacial score (nSPS) is 11.7. The van der Waals surface area contributed by atoms with Crippen molar-refractivity contribution >= 4 is 21.6 Å². The highest BCUT2D eigenvalue weighted by Gasteiger charge is 2.24. The molecule has 1 amide bonds. The lowest BCUT2D eigenvalue weighted by Crippen LogP contribution is -2.35. The summed E-state index contributed by atoms with van der Waals surface area (Å²) in [7, 11) is -2.86. The smallest absolute Gasteiger partial charge is 0.245 e. The number of rotatable bonds is 4. The van der Waals surface area contributed by atoms with Crippen molar-refractivity contribution in [3.63, 3.8) is 0 Å². The largest absolute Gasteiger partial charge is 0.398 e. The van der Waals surface area contributed by atoms with Crippen LogP contribution in [0.25, 0.3) is 0 Å². The van der Waals surface area contributed by atoms with E-state index in [0.717, 1.165) is 25.2 Å². The summed E-state index contributed by atoms with van der Waals surface area (Å²) >= 11 is 0. The van der Waals surface area contributed by atoms with Crippen molar-refractivity contribution in [1.82, 2.24) is 4.31 Å². The number of sulfonamides is 1. The summed E-state index contributed by atoms with van der Waals surface area (Å²) < 4.78 is 37.5. The Kier molecular flexibility index (Phi) is 3.69. The van der Waals surface area contributed by atoms with Gasteiger partial charge < -0.3 is 11.5 Å². The fourth-order valence-corrected chi connectivity index (χ4v) is 2.46. The maximum absolute atomic E-state index is 13.0. The topological polar surface area (TPSA) is 106 Å². The Bertz CT molecular complexity index is 544. The average molecular weight is 261 g/mol. The lowest BCUT2D eigenvalue weighted by atomic mass is 10.3. The molecule has 1 aromatic rings. The Labute approximate surface area is 98.1 Å². The van der Waals surface area contributed by atoms with Crippen LogP contribution in [-0.2, 0) is 14.8 Å². The number of halogens is 1. The Balaban J connectivity index is 3.21. The van der Waals surface area contributed by atoms with Crippen molar-refractivity contribution in [3.05, 3.63) is 24.0 Å². The van der Waals surface area contributed by atoms with E-state index in [4.69, 9.17) is 11.5 Å². The Morgan fingerprint density at radius 2 is 2.06 bits per heavy atom. The second-order valence-electron chi connectivity index (χ2n) is 3.41. The van der Waals surface area contributed by atoms with Crippen LogP contribution in [-0.4, -0.2) is 32.2 Å². The van der Waals surface area contributed by atoms with E-state index in [1.54, 1.807) is 0 Å². The highest BCUT2D eigenvalue weighted by molar-refractivity contribution is 7.89. The number of hydrogen-bond donors (Lipinski definition) is 2. The van der Waals surface area contributed by atoms with Gasteiger partial charge in [-0.05, 0) is 18.2 Å². The second-order valence-corrected chi connectivity index (χ2v) is 5.42. The van der Waals surface area contributed by atoms with Gasteiger partial charge in [0.15, 0.2) is 0 Å². The Hall–Kier alpha value is -1.67. The molecular formula is C9H12FN3O3S. The van der Waals surface area contributed by atoms with E-state index in [2.05, 4.69) is 0 Å². The molecule has 0 aromatic heterocycles. The minimum absolute atomic E-state index is 0.0947.